The molecule has 0 radical (unpaired) electrons. The van der Waals surface area contributed by atoms with E-state index in [2.05, 4.69) is 10.0 Å². The number of benzene rings is 2. The van der Waals surface area contributed by atoms with E-state index in [1.165, 1.54) is 44.3 Å². The number of nitrogens with one attached hydrogen (secondary N) is 2. The van der Waals surface area contributed by atoms with Crippen LogP contribution >= 0.6 is 0 Å². The first kappa shape index (κ1) is 21.4. The molecule has 2 amide bonds. The summed E-state index contributed by atoms with van der Waals surface area (Å²) in [6, 6.07) is 11.3. The first-order valence-electron chi connectivity index (χ1n) is 8.41. The van der Waals surface area contributed by atoms with Gasteiger partial charge in [0.05, 0.1) is 13.7 Å². The van der Waals surface area contributed by atoms with E-state index in [4.69, 9.17) is 4.74 Å². The number of rotatable bonds is 7. The van der Waals surface area contributed by atoms with Crippen molar-refractivity contribution in [2.45, 2.75) is 11.8 Å². The number of sulfonamides is 1. The summed E-state index contributed by atoms with van der Waals surface area (Å²) in [7, 11) is 0.260. The number of likely N-dealkylation sites (N-methyl/N-ethyl adjacent to an activating group) is 1. The van der Waals surface area contributed by atoms with Gasteiger partial charge in [-0.1, -0.05) is 17.7 Å². The Kier molecular flexibility index (Phi) is 6.76. The molecule has 150 valence electrons. The average molecular weight is 405 g/mol. The highest BCUT2D eigenvalue weighted by Gasteiger charge is 2.22. The first-order valence-corrected chi connectivity index (χ1v) is 9.90. The van der Waals surface area contributed by atoms with Crippen molar-refractivity contribution in [2.24, 2.45) is 0 Å². The lowest BCUT2D eigenvalue weighted by Gasteiger charge is -2.18. The number of carbonyl (C=O) groups is 2. The van der Waals surface area contributed by atoms with Gasteiger partial charge in [0, 0.05) is 18.3 Å². The summed E-state index contributed by atoms with van der Waals surface area (Å²) in [5, 5.41) is 2.71. The molecule has 0 unspecified atom stereocenters. The minimum Gasteiger partial charge on any atom is -0.495 e. The summed E-state index contributed by atoms with van der Waals surface area (Å²) in [6.45, 7) is 1.75. The standard InChI is InChI=1S/C19H23N3O5S/c1-13-5-8-15(9-6-13)21-18(23)12-22(3)19(24)14-7-10-16(27-4)17(11-14)28(25,26)20-2/h5-11,20H,12H2,1-4H3,(H,21,23). The molecule has 2 aromatic rings. The first-order chi connectivity index (χ1) is 13.2. The van der Waals surface area contributed by atoms with Crippen molar-refractivity contribution in [2.75, 3.05) is 33.1 Å². The summed E-state index contributed by atoms with van der Waals surface area (Å²) < 4.78 is 31.6. The Morgan fingerprint density at radius 3 is 2.32 bits per heavy atom. The predicted octanol–water partition coefficient (Wildman–Crippen LogP) is 1.62. The fourth-order valence-corrected chi connectivity index (χ4v) is 3.39. The maximum absolute atomic E-state index is 12.6. The molecule has 0 saturated carbocycles. The molecule has 0 aliphatic heterocycles. The van der Waals surface area contributed by atoms with Crippen LogP contribution in [0.3, 0.4) is 0 Å². The van der Waals surface area contributed by atoms with Crippen LogP contribution in [0.5, 0.6) is 5.75 Å². The molecule has 0 saturated heterocycles. The maximum atomic E-state index is 12.6. The molecule has 2 aromatic carbocycles. The maximum Gasteiger partial charge on any atom is 0.254 e. The number of nitrogens with zero attached hydrogens (tertiary/aromatic N) is 1. The average Bonchev–Trinajstić information content (AvgIpc) is 2.68. The topological polar surface area (TPSA) is 105 Å². The molecule has 0 heterocycles. The van der Waals surface area contributed by atoms with Crippen molar-refractivity contribution < 1.29 is 22.7 Å². The van der Waals surface area contributed by atoms with Crippen LogP contribution in [0.2, 0.25) is 0 Å². The Morgan fingerprint density at radius 1 is 1.11 bits per heavy atom. The summed E-state index contributed by atoms with van der Waals surface area (Å²) in [6.07, 6.45) is 0. The molecule has 2 N–H and O–H groups in total. The minimum absolute atomic E-state index is 0.116. The van der Waals surface area contributed by atoms with Crippen molar-refractivity contribution in [3.63, 3.8) is 0 Å². The number of aryl methyl sites for hydroxylation is 1. The molecule has 8 nitrogen and oxygen atoms in total. The van der Waals surface area contributed by atoms with Gasteiger partial charge < -0.3 is 15.0 Å². The van der Waals surface area contributed by atoms with Crippen LogP contribution in [0.15, 0.2) is 47.4 Å². The molecule has 9 heteroatoms. The van der Waals surface area contributed by atoms with Gasteiger partial charge in [-0.3, -0.25) is 9.59 Å². The zero-order chi connectivity index (χ0) is 20.9. The quantitative estimate of drug-likeness (QED) is 0.728. The predicted molar refractivity (Wildman–Crippen MR) is 106 cm³/mol. The zero-order valence-electron chi connectivity index (χ0n) is 16.1. The largest absolute Gasteiger partial charge is 0.495 e. The Bertz CT molecular complexity index is 972. The fraction of sp³-hybridized carbons (Fsp3) is 0.263. The summed E-state index contributed by atoms with van der Waals surface area (Å²) >= 11 is 0. The van der Waals surface area contributed by atoms with Gasteiger partial charge in [-0.05, 0) is 44.3 Å². The number of amides is 2. The highest BCUT2D eigenvalue weighted by Crippen LogP contribution is 2.25. The van der Waals surface area contributed by atoms with Gasteiger partial charge in [0.25, 0.3) is 5.91 Å². The van der Waals surface area contributed by atoms with E-state index in [0.29, 0.717) is 5.69 Å². The van der Waals surface area contributed by atoms with Gasteiger partial charge in [0.1, 0.15) is 10.6 Å². The molecule has 0 aliphatic rings. The van der Waals surface area contributed by atoms with Gasteiger partial charge >= 0.3 is 0 Å². The fourth-order valence-electron chi connectivity index (χ4n) is 2.47. The Labute approximate surface area is 164 Å². The normalized spacial score (nSPS) is 11.0. The second-order valence-electron chi connectivity index (χ2n) is 6.15. The van der Waals surface area contributed by atoms with Gasteiger partial charge in [0.15, 0.2) is 0 Å². The second-order valence-corrected chi connectivity index (χ2v) is 8.00. The number of carbonyl (C=O) groups excluding carboxylic acids is 2. The summed E-state index contributed by atoms with van der Waals surface area (Å²) in [5.74, 6) is -0.740. The van der Waals surface area contributed by atoms with E-state index in [1.54, 1.807) is 12.1 Å². The molecule has 0 aromatic heterocycles. The van der Waals surface area contributed by atoms with E-state index in [-0.39, 0.29) is 28.7 Å². The second kappa shape index (κ2) is 8.85. The molecule has 28 heavy (non-hydrogen) atoms. The lowest BCUT2D eigenvalue weighted by Crippen LogP contribution is -2.35. The van der Waals surface area contributed by atoms with Gasteiger partial charge in [-0.15, -0.1) is 0 Å². The van der Waals surface area contributed by atoms with E-state index >= 15 is 0 Å². The van der Waals surface area contributed by atoms with Gasteiger partial charge in [0.2, 0.25) is 15.9 Å². The molecule has 0 fully saturated rings. The van der Waals surface area contributed by atoms with Gasteiger partial charge in [-0.2, -0.15) is 0 Å². The van der Waals surface area contributed by atoms with Crippen LogP contribution in [0, 0.1) is 6.92 Å². The third kappa shape index (κ3) is 5.08. The zero-order valence-corrected chi connectivity index (χ0v) is 17.0. The van der Waals surface area contributed by atoms with Crippen LogP contribution < -0.4 is 14.8 Å². The van der Waals surface area contributed by atoms with E-state index in [1.807, 2.05) is 19.1 Å². The SMILES string of the molecule is CNS(=O)(=O)c1cc(C(=O)N(C)CC(=O)Nc2ccc(C)cc2)ccc1OC. The molecular weight excluding hydrogens is 382 g/mol. The van der Waals surface area contributed by atoms with Crippen LogP contribution in [-0.4, -0.2) is 52.9 Å². The third-order valence-electron chi connectivity index (χ3n) is 4.03. The van der Waals surface area contributed by atoms with Gasteiger partial charge in [-0.25, -0.2) is 13.1 Å². The summed E-state index contributed by atoms with van der Waals surface area (Å²) in [5.41, 5.74) is 1.82. The lowest BCUT2D eigenvalue weighted by molar-refractivity contribution is -0.116. The lowest BCUT2D eigenvalue weighted by atomic mass is 10.2. The van der Waals surface area contributed by atoms with Crippen LogP contribution in [0.25, 0.3) is 0 Å². The molecule has 0 aliphatic carbocycles. The number of hydrogen-bond acceptors (Lipinski definition) is 5. The Hall–Kier alpha value is -2.91. The Balaban J connectivity index is 2.15. The highest BCUT2D eigenvalue weighted by atomic mass is 32.2. The number of hydrogen-bond donors (Lipinski definition) is 2. The third-order valence-corrected chi connectivity index (χ3v) is 5.47. The van der Waals surface area contributed by atoms with E-state index in [9.17, 15) is 18.0 Å². The molecule has 0 bridgehead atoms. The van der Waals surface area contributed by atoms with Crippen LogP contribution in [-0.2, 0) is 14.8 Å². The molecular formula is C19H23N3O5S. The smallest absolute Gasteiger partial charge is 0.254 e. The van der Waals surface area contributed by atoms with E-state index in [0.717, 1.165) is 5.56 Å². The molecule has 0 spiro atoms. The van der Waals surface area contributed by atoms with Crippen molar-refractivity contribution >= 4 is 27.5 Å². The number of ether oxygens (including phenoxy) is 1. The van der Waals surface area contributed by atoms with Crippen LogP contribution in [0.1, 0.15) is 15.9 Å². The van der Waals surface area contributed by atoms with Crippen molar-refractivity contribution in [1.82, 2.24) is 9.62 Å². The van der Waals surface area contributed by atoms with Crippen molar-refractivity contribution in [3.8, 4) is 5.75 Å². The van der Waals surface area contributed by atoms with Crippen molar-refractivity contribution in [1.29, 1.82) is 0 Å². The van der Waals surface area contributed by atoms with E-state index < -0.39 is 15.9 Å². The molecule has 2 rings (SSSR count). The number of methoxy groups -OCH3 is 1. The highest BCUT2D eigenvalue weighted by molar-refractivity contribution is 7.89. The number of anilines is 1. The minimum atomic E-state index is -3.81. The monoisotopic (exact) mass is 405 g/mol. The molecule has 0 atom stereocenters. The van der Waals surface area contributed by atoms with Crippen LogP contribution in [0.4, 0.5) is 5.69 Å². The summed E-state index contributed by atoms with van der Waals surface area (Å²) in [4.78, 5) is 25.9. The van der Waals surface area contributed by atoms with Crippen molar-refractivity contribution in [3.05, 3.63) is 53.6 Å². The Morgan fingerprint density at radius 2 is 1.75 bits per heavy atom.